The van der Waals surface area contributed by atoms with Crippen LogP contribution >= 0.6 is 11.6 Å². The maximum atomic E-state index is 13.3. The second-order valence-electron chi connectivity index (χ2n) is 6.10. The fourth-order valence-electron chi connectivity index (χ4n) is 3.00. The van der Waals surface area contributed by atoms with Crippen LogP contribution in [0.3, 0.4) is 0 Å². The van der Waals surface area contributed by atoms with E-state index in [1.54, 1.807) is 11.8 Å². The quantitative estimate of drug-likeness (QED) is 0.858. The lowest BCUT2D eigenvalue weighted by atomic mass is 9.94. The van der Waals surface area contributed by atoms with Gasteiger partial charge < -0.3 is 15.2 Å². The smallest absolute Gasteiger partial charge is 0.321 e. The summed E-state index contributed by atoms with van der Waals surface area (Å²) in [7, 11) is 0. The van der Waals surface area contributed by atoms with Gasteiger partial charge in [0.05, 0.1) is 16.4 Å². The average Bonchev–Trinajstić information content (AvgIpc) is 2.57. The molecule has 25 heavy (non-hydrogen) atoms. The van der Waals surface area contributed by atoms with Gasteiger partial charge in [-0.2, -0.15) is 0 Å². The van der Waals surface area contributed by atoms with Gasteiger partial charge >= 0.3 is 6.03 Å². The van der Waals surface area contributed by atoms with Crippen LogP contribution in [0.4, 0.5) is 14.9 Å². The molecule has 0 saturated carbocycles. The predicted octanol–water partition coefficient (Wildman–Crippen LogP) is 3.28. The van der Waals surface area contributed by atoms with Crippen molar-refractivity contribution in [3.8, 4) is 0 Å². The Balaban J connectivity index is 1.73. The molecule has 1 fully saturated rings. The number of nitrogens with zero attached hydrogens (tertiary/aromatic N) is 2. The van der Waals surface area contributed by atoms with Crippen LogP contribution in [-0.2, 0) is 0 Å². The number of nitrogens with one attached hydrogen (secondary N) is 2. The van der Waals surface area contributed by atoms with E-state index in [0.717, 1.165) is 12.8 Å². The van der Waals surface area contributed by atoms with E-state index in [1.807, 2.05) is 0 Å². The topological polar surface area (TPSA) is 78.1 Å². The fraction of sp³-hybridized carbons (Fsp3) is 0.353. The molecule has 1 saturated heterocycles. The molecule has 2 N–H and O–H groups in total. The Hall–Kier alpha value is -2.41. The molecule has 1 aliphatic rings. The predicted molar refractivity (Wildman–Crippen MR) is 93.6 cm³/mol. The maximum Gasteiger partial charge on any atom is 0.321 e. The molecule has 0 unspecified atom stereocenters. The zero-order chi connectivity index (χ0) is 18.0. The Morgan fingerprint density at radius 3 is 3.00 bits per heavy atom. The summed E-state index contributed by atoms with van der Waals surface area (Å²) in [4.78, 5) is 32.8. The highest BCUT2D eigenvalue weighted by Crippen LogP contribution is 2.27. The highest BCUT2D eigenvalue weighted by atomic mass is 35.5. The summed E-state index contributed by atoms with van der Waals surface area (Å²) < 4.78 is 13.3. The lowest BCUT2D eigenvalue weighted by molar-refractivity contribution is 0.192. The number of urea groups is 1. The van der Waals surface area contributed by atoms with Crippen LogP contribution in [-0.4, -0.2) is 34.0 Å². The number of H-pyrrole nitrogens is 1. The number of anilines is 1. The minimum atomic E-state index is -0.473. The second-order valence-corrected chi connectivity index (χ2v) is 6.50. The Morgan fingerprint density at radius 2 is 2.24 bits per heavy atom. The summed E-state index contributed by atoms with van der Waals surface area (Å²) in [6.07, 6.45) is 1.64. The Labute approximate surface area is 149 Å². The molecule has 2 aromatic rings. The third kappa shape index (κ3) is 4.17. The molecular weight excluding hydrogens is 347 g/mol. The summed E-state index contributed by atoms with van der Waals surface area (Å²) in [5.41, 5.74) is 0.720. The third-order valence-corrected chi connectivity index (χ3v) is 4.51. The molecule has 1 aromatic carbocycles. The normalized spacial score (nSPS) is 17.4. The Kier molecular flexibility index (Phi) is 5.03. The molecule has 1 aliphatic heterocycles. The summed E-state index contributed by atoms with van der Waals surface area (Å²) in [6, 6.07) is 4.94. The van der Waals surface area contributed by atoms with Crippen LogP contribution in [0.1, 0.15) is 30.3 Å². The van der Waals surface area contributed by atoms with Crippen LogP contribution < -0.4 is 10.9 Å². The van der Waals surface area contributed by atoms with Crippen molar-refractivity contribution in [2.45, 2.75) is 25.7 Å². The number of amides is 2. The number of piperidine rings is 1. The van der Waals surface area contributed by atoms with E-state index in [9.17, 15) is 14.0 Å². The molecular formula is C17H18ClFN4O2. The molecule has 6 nitrogen and oxygen atoms in total. The standard InChI is InChI=1S/C17H18ClFN4O2/c1-10-20-14(8-16(24)21-10)11-3-2-6-23(9-11)17(25)22-15-7-12(19)4-5-13(15)18/h4-5,7-8,11H,2-3,6,9H2,1H3,(H,22,25)(H,20,21,24)/t11-/m1/s1. The van der Waals surface area contributed by atoms with Crippen molar-refractivity contribution in [3.05, 3.63) is 57.0 Å². The fourth-order valence-corrected chi connectivity index (χ4v) is 3.17. The van der Waals surface area contributed by atoms with Gasteiger partial charge in [-0.15, -0.1) is 0 Å². The van der Waals surface area contributed by atoms with Gasteiger partial charge in [0.2, 0.25) is 0 Å². The number of hydrogen-bond donors (Lipinski definition) is 2. The van der Waals surface area contributed by atoms with Gasteiger partial charge in [-0.05, 0) is 38.0 Å². The Morgan fingerprint density at radius 1 is 1.44 bits per heavy atom. The molecule has 2 amide bonds. The summed E-state index contributed by atoms with van der Waals surface area (Å²) in [6.45, 7) is 2.75. The van der Waals surface area contributed by atoms with E-state index < -0.39 is 5.82 Å². The number of likely N-dealkylation sites (tertiary alicyclic amines) is 1. The van der Waals surface area contributed by atoms with Crippen molar-refractivity contribution in [1.82, 2.24) is 14.9 Å². The first-order valence-electron chi connectivity index (χ1n) is 8.01. The summed E-state index contributed by atoms with van der Waals surface area (Å²) >= 11 is 5.99. The van der Waals surface area contributed by atoms with E-state index in [4.69, 9.17) is 11.6 Å². The number of benzene rings is 1. The molecule has 1 aromatic heterocycles. The van der Waals surface area contributed by atoms with E-state index in [0.29, 0.717) is 24.6 Å². The molecule has 2 heterocycles. The minimum absolute atomic E-state index is 0.0107. The lowest BCUT2D eigenvalue weighted by Crippen LogP contribution is -2.42. The first-order chi connectivity index (χ1) is 11.9. The second kappa shape index (κ2) is 7.23. The molecule has 0 radical (unpaired) electrons. The number of aromatic amines is 1. The molecule has 8 heteroatoms. The van der Waals surface area contributed by atoms with Gasteiger partial charge in [0.1, 0.15) is 11.6 Å². The first-order valence-corrected chi connectivity index (χ1v) is 8.39. The molecule has 132 valence electrons. The Bertz CT molecular complexity index is 855. The van der Waals surface area contributed by atoms with Crippen molar-refractivity contribution in [2.75, 3.05) is 18.4 Å². The van der Waals surface area contributed by atoms with Gasteiger partial charge in [-0.1, -0.05) is 11.6 Å². The number of halogens is 2. The monoisotopic (exact) mass is 364 g/mol. The zero-order valence-corrected chi connectivity index (χ0v) is 14.4. The van der Waals surface area contributed by atoms with E-state index >= 15 is 0 Å². The zero-order valence-electron chi connectivity index (χ0n) is 13.7. The molecule has 0 spiro atoms. The van der Waals surface area contributed by atoms with Gasteiger partial charge in [-0.3, -0.25) is 4.79 Å². The van der Waals surface area contributed by atoms with Gasteiger partial charge in [0.15, 0.2) is 0 Å². The van der Waals surface area contributed by atoms with Crippen LogP contribution in [0, 0.1) is 12.7 Å². The number of aromatic nitrogens is 2. The van der Waals surface area contributed by atoms with E-state index in [-0.39, 0.29) is 28.2 Å². The first kappa shape index (κ1) is 17.4. The van der Waals surface area contributed by atoms with Crippen molar-refractivity contribution < 1.29 is 9.18 Å². The molecule has 0 bridgehead atoms. The summed E-state index contributed by atoms with van der Waals surface area (Å²) in [5.74, 6) is 0.0681. The maximum absolute atomic E-state index is 13.3. The third-order valence-electron chi connectivity index (χ3n) is 4.18. The van der Waals surface area contributed by atoms with Crippen LogP contribution in [0.2, 0.25) is 5.02 Å². The van der Waals surface area contributed by atoms with Gasteiger partial charge in [-0.25, -0.2) is 14.2 Å². The number of rotatable bonds is 2. The molecule has 1 atom stereocenters. The van der Waals surface area contributed by atoms with E-state index in [2.05, 4.69) is 15.3 Å². The summed E-state index contributed by atoms with van der Waals surface area (Å²) in [5, 5.41) is 2.92. The van der Waals surface area contributed by atoms with E-state index in [1.165, 1.54) is 24.3 Å². The largest absolute Gasteiger partial charge is 0.324 e. The van der Waals surface area contributed by atoms with Crippen molar-refractivity contribution >= 4 is 23.3 Å². The highest BCUT2D eigenvalue weighted by molar-refractivity contribution is 6.33. The molecule has 3 rings (SSSR count). The van der Waals surface area contributed by atoms with Crippen LogP contribution in [0.15, 0.2) is 29.1 Å². The number of carbonyl (C=O) groups excluding carboxylic acids is 1. The number of carbonyl (C=O) groups is 1. The molecule has 0 aliphatic carbocycles. The van der Waals surface area contributed by atoms with Crippen molar-refractivity contribution in [2.24, 2.45) is 0 Å². The number of aryl methyl sites for hydroxylation is 1. The lowest BCUT2D eigenvalue weighted by Gasteiger charge is -2.32. The van der Waals surface area contributed by atoms with Gasteiger partial charge in [0.25, 0.3) is 5.56 Å². The number of hydrogen-bond acceptors (Lipinski definition) is 3. The highest BCUT2D eigenvalue weighted by Gasteiger charge is 2.26. The minimum Gasteiger partial charge on any atom is -0.324 e. The van der Waals surface area contributed by atoms with Crippen molar-refractivity contribution in [3.63, 3.8) is 0 Å². The van der Waals surface area contributed by atoms with Crippen LogP contribution in [0.25, 0.3) is 0 Å². The average molecular weight is 365 g/mol. The van der Waals surface area contributed by atoms with Crippen LogP contribution in [0.5, 0.6) is 0 Å². The van der Waals surface area contributed by atoms with Gasteiger partial charge in [0, 0.05) is 25.1 Å². The SMILES string of the molecule is Cc1nc([C@@H]2CCCN(C(=O)Nc3cc(F)ccc3Cl)C2)cc(=O)[nH]1. The van der Waals surface area contributed by atoms with Crippen molar-refractivity contribution in [1.29, 1.82) is 0 Å².